The number of aromatic nitrogens is 6. The van der Waals surface area contributed by atoms with Gasteiger partial charge in [-0.25, -0.2) is 15.0 Å². The second-order valence-electron chi connectivity index (χ2n) is 7.27. The van der Waals surface area contributed by atoms with Crippen molar-refractivity contribution in [2.24, 2.45) is 0 Å². The fourth-order valence-corrected chi connectivity index (χ4v) is 3.88. The molecule has 3 aromatic rings. The Balaban J connectivity index is 0.00000218. The molecular weight excluding hydrogens is 372 g/mol. The smallest absolute Gasteiger partial charge is 0.247 e. The number of carbonyl (C=O) groups is 1. The highest BCUT2D eigenvalue weighted by Gasteiger charge is 2.34. The maximum Gasteiger partial charge on any atom is 0.247 e. The molecule has 10 nitrogen and oxygen atoms in total. The van der Waals surface area contributed by atoms with Crippen LogP contribution in [0.4, 0.5) is 11.6 Å². The summed E-state index contributed by atoms with van der Waals surface area (Å²) in [6, 6.07) is 3.75. The lowest BCUT2D eigenvalue weighted by molar-refractivity contribution is -0.118. The molecule has 10 heteroatoms. The van der Waals surface area contributed by atoms with Gasteiger partial charge >= 0.3 is 0 Å². The summed E-state index contributed by atoms with van der Waals surface area (Å²) in [7, 11) is 0. The summed E-state index contributed by atoms with van der Waals surface area (Å²) in [4.78, 5) is 32.2. The Morgan fingerprint density at radius 3 is 2.66 bits per heavy atom. The Kier molecular flexibility index (Phi) is 4.39. The molecule has 3 N–H and O–H groups in total. The lowest BCUT2D eigenvalue weighted by atomic mass is 9.91. The van der Waals surface area contributed by atoms with Gasteiger partial charge in [0, 0.05) is 19.2 Å². The zero-order chi connectivity index (χ0) is 19.8. The van der Waals surface area contributed by atoms with Gasteiger partial charge in [0.2, 0.25) is 5.91 Å². The van der Waals surface area contributed by atoms with Crippen LogP contribution in [0.3, 0.4) is 0 Å². The number of rotatable bonds is 3. The Bertz CT molecular complexity index is 1020. The minimum absolute atomic E-state index is 0. The van der Waals surface area contributed by atoms with Crippen LogP contribution in [0.25, 0.3) is 22.8 Å². The molecule has 1 aliphatic carbocycles. The number of aromatic amines is 1. The highest BCUT2D eigenvalue weighted by molar-refractivity contribution is 6.01. The van der Waals surface area contributed by atoms with Crippen molar-refractivity contribution in [3.8, 4) is 22.8 Å². The number of fused-ring (bicyclic) bond motifs is 1. The molecule has 4 heterocycles. The van der Waals surface area contributed by atoms with Crippen molar-refractivity contribution in [1.29, 1.82) is 0 Å². The van der Waals surface area contributed by atoms with Crippen molar-refractivity contribution in [2.75, 3.05) is 16.8 Å². The summed E-state index contributed by atoms with van der Waals surface area (Å²) in [5.41, 5.74) is 2.11. The largest absolute Gasteiger partial charge is 0.393 e. The number of hydrogen-bond acceptors (Lipinski definition) is 8. The number of nitrogens with one attached hydrogen (secondary N) is 2. The molecule has 5 rings (SSSR count). The zero-order valence-corrected chi connectivity index (χ0v) is 15.6. The molecule has 0 saturated heterocycles. The zero-order valence-electron chi connectivity index (χ0n) is 15.6. The van der Waals surface area contributed by atoms with Crippen molar-refractivity contribution < 1.29 is 11.3 Å². The van der Waals surface area contributed by atoms with E-state index in [2.05, 4.69) is 30.5 Å². The van der Waals surface area contributed by atoms with E-state index in [1.807, 2.05) is 12.1 Å². The minimum atomic E-state index is -0.282. The van der Waals surface area contributed by atoms with E-state index in [1.165, 1.54) is 6.33 Å². The van der Waals surface area contributed by atoms with Crippen LogP contribution >= 0.6 is 0 Å². The normalized spacial score (nSPS) is 21.6. The molecule has 0 aromatic carbocycles. The average Bonchev–Trinajstić information content (AvgIpc) is 3.29. The van der Waals surface area contributed by atoms with Crippen molar-refractivity contribution in [1.82, 2.24) is 30.1 Å². The van der Waals surface area contributed by atoms with E-state index < -0.39 is 0 Å². The summed E-state index contributed by atoms with van der Waals surface area (Å²) in [5, 5.41) is 19.5. The van der Waals surface area contributed by atoms with Crippen LogP contribution in [-0.4, -0.2) is 59.8 Å². The van der Waals surface area contributed by atoms with Gasteiger partial charge in [-0.1, -0.05) is 0 Å². The maximum absolute atomic E-state index is 12.7. The molecule has 0 bridgehead atoms. The van der Waals surface area contributed by atoms with Crippen molar-refractivity contribution in [3.63, 3.8) is 0 Å². The SMILES string of the molecule is O=C1CNc2ncc(-c3ccc(-c4ncn[nH]4)nc3)nc2N1C1CCC(O)CC1.[HH]. The molecule has 2 aliphatic rings. The fourth-order valence-electron chi connectivity index (χ4n) is 3.88. The first-order chi connectivity index (χ1) is 14.2. The maximum atomic E-state index is 12.7. The van der Waals surface area contributed by atoms with Crippen LogP contribution in [0.2, 0.25) is 0 Å². The molecule has 1 amide bonds. The van der Waals surface area contributed by atoms with E-state index in [1.54, 1.807) is 17.3 Å². The first-order valence-electron chi connectivity index (χ1n) is 9.62. The van der Waals surface area contributed by atoms with Crippen LogP contribution in [-0.2, 0) is 4.79 Å². The number of H-pyrrole nitrogens is 1. The van der Waals surface area contributed by atoms with E-state index in [0.29, 0.717) is 41.7 Å². The van der Waals surface area contributed by atoms with Crippen LogP contribution in [0.1, 0.15) is 27.1 Å². The highest BCUT2D eigenvalue weighted by atomic mass is 16.3. The van der Waals surface area contributed by atoms with Gasteiger partial charge in [-0.3, -0.25) is 19.8 Å². The summed E-state index contributed by atoms with van der Waals surface area (Å²) in [6.45, 7) is 0.202. The number of aliphatic hydroxyl groups excluding tert-OH is 1. The molecule has 3 aromatic heterocycles. The number of pyridine rings is 1. The molecule has 0 radical (unpaired) electrons. The summed E-state index contributed by atoms with van der Waals surface area (Å²) < 4.78 is 0. The first kappa shape index (κ1) is 17.7. The molecule has 0 unspecified atom stereocenters. The van der Waals surface area contributed by atoms with Crippen molar-refractivity contribution >= 4 is 17.5 Å². The van der Waals surface area contributed by atoms with Gasteiger partial charge in [0.1, 0.15) is 12.0 Å². The number of amides is 1. The van der Waals surface area contributed by atoms with E-state index >= 15 is 0 Å². The molecule has 29 heavy (non-hydrogen) atoms. The van der Waals surface area contributed by atoms with Crippen LogP contribution in [0.5, 0.6) is 0 Å². The number of nitrogens with zero attached hydrogens (tertiary/aromatic N) is 6. The fraction of sp³-hybridized carbons (Fsp3) is 0.368. The Morgan fingerprint density at radius 2 is 1.93 bits per heavy atom. The molecular formula is C19H22N8O2. The van der Waals surface area contributed by atoms with E-state index in [9.17, 15) is 9.90 Å². The molecule has 150 valence electrons. The molecule has 0 atom stereocenters. The first-order valence-corrected chi connectivity index (χ1v) is 9.62. The third kappa shape index (κ3) is 3.31. The van der Waals surface area contributed by atoms with Gasteiger partial charge in [-0.2, -0.15) is 5.10 Å². The topological polar surface area (TPSA) is 133 Å². The monoisotopic (exact) mass is 394 g/mol. The van der Waals surface area contributed by atoms with Crippen LogP contribution in [0.15, 0.2) is 30.9 Å². The number of hydrogen-bond donors (Lipinski definition) is 3. The quantitative estimate of drug-likeness (QED) is 0.610. The predicted octanol–water partition coefficient (Wildman–Crippen LogP) is 1.63. The lowest BCUT2D eigenvalue weighted by Crippen LogP contribution is -2.49. The molecule has 1 saturated carbocycles. The van der Waals surface area contributed by atoms with E-state index in [0.717, 1.165) is 18.4 Å². The molecule has 1 fully saturated rings. The number of carbonyl (C=O) groups excluding carboxylic acids is 1. The van der Waals surface area contributed by atoms with Gasteiger partial charge < -0.3 is 10.4 Å². The Hall–Kier alpha value is -3.40. The second kappa shape index (κ2) is 7.21. The minimum Gasteiger partial charge on any atom is -0.393 e. The Morgan fingerprint density at radius 1 is 1.07 bits per heavy atom. The predicted molar refractivity (Wildman–Crippen MR) is 107 cm³/mol. The summed E-state index contributed by atoms with van der Waals surface area (Å²) in [5.74, 6) is 1.71. The van der Waals surface area contributed by atoms with Gasteiger partial charge in [-0.05, 0) is 37.8 Å². The molecule has 0 spiro atoms. The van der Waals surface area contributed by atoms with Gasteiger partial charge in [-0.15, -0.1) is 0 Å². The average molecular weight is 394 g/mol. The van der Waals surface area contributed by atoms with Gasteiger partial charge in [0.15, 0.2) is 17.5 Å². The highest BCUT2D eigenvalue weighted by Crippen LogP contribution is 2.34. The van der Waals surface area contributed by atoms with Crippen LogP contribution < -0.4 is 10.2 Å². The summed E-state index contributed by atoms with van der Waals surface area (Å²) in [6.07, 6.45) is 7.42. The van der Waals surface area contributed by atoms with Gasteiger partial charge in [0.25, 0.3) is 0 Å². The standard InChI is InChI=1S/C19H20N8O2.H2/c28-13-4-2-12(3-5-13)27-16(29)9-22-18-19(27)25-15(8-21-18)11-1-6-14(20-7-11)17-23-10-24-26-17;/h1,6-8,10,12-13,28H,2-5,9H2,(H,21,22)(H,23,24,26);1H. The third-order valence-electron chi connectivity index (χ3n) is 5.41. The van der Waals surface area contributed by atoms with Crippen LogP contribution in [0, 0.1) is 0 Å². The number of anilines is 2. The third-order valence-corrected chi connectivity index (χ3v) is 5.41. The van der Waals surface area contributed by atoms with E-state index in [-0.39, 0.29) is 26.0 Å². The second-order valence-corrected chi connectivity index (χ2v) is 7.27. The lowest BCUT2D eigenvalue weighted by Gasteiger charge is -2.38. The Labute approximate surface area is 167 Å². The van der Waals surface area contributed by atoms with Crippen molar-refractivity contribution in [3.05, 3.63) is 30.9 Å². The van der Waals surface area contributed by atoms with E-state index in [4.69, 9.17) is 4.98 Å². The van der Waals surface area contributed by atoms with Gasteiger partial charge in [0.05, 0.1) is 24.5 Å². The molecule has 1 aliphatic heterocycles. The summed E-state index contributed by atoms with van der Waals surface area (Å²) >= 11 is 0. The number of aliphatic hydroxyl groups is 1. The van der Waals surface area contributed by atoms with Crippen molar-refractivity contribution in [2.45, 2.75) is 37.8 Å².